The first-order chi connectivity index (χ1) is 16.9. The van der Waals surface area contributed by atoms with Gasteiger partial charge in [0.25, 0.3) is 0 Å². The van der Waals surface area contributed by atoms with Crippen LogP contribution >= 0.6 is 0 Å². The van der Waals surface area contributed by atoms with E-state index >= 15 is 4.39 Å². The molecule has 2 aliphatic rings. The molecule has 1 saturated heterocycles. The number of fused-ring (bicyclic) bond motifs is 3. The van der Waals surface area contributed by atoms with Gasteiger partial charge in [-0.1, -0.05) is 30.3 Å². The first kappa shape index (κ1) is 24.2. The molecule has 0 bridgehead atoms. The number of aliphatic hydroxyl groups is 1. The van der Waals surface area contributed by atoms with Gasteiger partial charge in [-0.25, -0.2) is 4.39 Å². The van der Waals surface area contributed by atoms with E-state index in [4.69, 9.17) is 0 Å². The average Bonchev–Trinajstić information content (AvgIpc) is 3.19. The van der Waals surface area contributed by atoms with Gasteiger partial charge in [-0.15, -0.1) is 0 Å². The number of nitrogens with one attached hydrogen (secondary N) is 2. The second kappa shape index (κ2) is 9.88. The summed E-state index contributed by atoms with van der Waals surface area (Å²) < 4.78 is 27.5. The minimum absolute atomic E-state index is 0.122. The van der Waals surface area contributed by atoms with Crippen LogP contribution in [-0.2, 0) is 6.42 Å². The van der Waals surface area contributed by atoms with Crippen molar-refractivity contribution in [2.24, 2.45) is 0 Å². The normalized spacial score (nSPS) is 23.1. The fourth-order valence-corrected chi connectivity index (χ4v) is 5.67. The molecule has 35 heavy (non-hydrogen) atoms. The molecular weight excluding hydrogens is 446 g/mol. The van der Waals surface area contributed by atoms with Crippen LogP contribution in [0.4, 0.5) is 14.5 Å². The molecule has 3 N–H and O–H groups in total. The van der Waals surface area contributed by atoms with E-state index in [1.165, 1.54) is 17.9 Å². The third kappa shape index (κ3) is 4.95. The number of alkyl halides is 2. The summed E-state index contributed by atoms with van der Waals surface area (Å²) in [7, 11) is 0. The zero-order chi connectivity index (χ0) is 24.6. The Balaban J connectivity index is 1.41. The number of rotatable bonds is 9. The molecule has 0 amide bonds. The number of benzene rings is 2. The average molecular weight is 483 g/mol. The third-order valence-electron chi connectivity index (χ3n) is 7.52. The molecule has 0 aliphatic carbocycles. The summed E-state index contributed by atoms with van der Waals surface area (Å²) in [5.41, 5.74) is 3.98. The largest absolute Gasteiger partial charge is 0.393 e. The molecule has 0 saturated carbocycles. The Hall–Kier alpha value is -2.48. The maximum atomic E-state index is 15.1. The lowest BCUT2D eigenvalue weighted by Gasteiger charge is -2.43. The van der Waals surface area contributed by atoms with Gasteiger partial charge in [-0.3, -0.25) is 14.2 Å². The van der Waals surface area contributed by atoms with Crippen molar-refractivity contribution in [3.63, 3.8) is 0 Å². The molecule has 2 aromatic carbocycles. The number of aromatic nitrogens is 1. The summed E-state index contributed by atoms with van der Waals surface area (Å²) in [6.45, 7) is 5.69. The van der Waals surface area contributed by atoms with Crippen molar-refractivity contribution in [1.82, 2.24) is 14.8 Å². The van der Waals surface area contributed by atoms with E-state index in [9.17, 15) is 9.50 Å². The topological polar surface area (TPSA) is 54.5 Å². The third-order valence-corrected chi connectivity index (χ3v) is 7.52. The quantitative estimate of drug-likeness (QED) is 0.415. The molecule has 1 aromatic heterocycles. The monoisotopic (exact) mass is 482 g/mol. The van der Waals surface area contributed by atoms with E-state index in [2.05, 4.69) is 69.5 Å². The summed E-state index contributed by atoms with van der Waals surface area (Å²) in [6, 6.07) is 17.2. The fourth-order valence-electron chi connectivity index (χ4n) is 5.67. The van der Waals surface area contributed by atoms with Crippen molar-refractivity contribution in [3.05, 3.63) is 65.4 Å². The van der Waals surface area contributed by atoms with Crippen LogP contribution in [0.5, 0.6) is 0 Å². The maximum absolute atomic E-state index is 15.1. The number of H-pyrrole nitrogens is 1. The van der Waals surface area contributed by atoms with Gasteiger partial charge in [0.15, 0.2) is 0 Å². The molecule has 5 rings (SSSR count). The van der Waals surface area contributed by atoms with Gasteiger partial charge in [0.05, 0.1) is 25.4 Å². The molecule has 1 unspecified atom stereocenters. The number of likely N-dealkylation sites (tertiary alicyclic amines) is 1. The van der Waals surface area contributed by atoms with Crippen LogP contribution in [0, 0.1) is 0 Å². The lowest BCUT2D eigenvalue weighted by Crippen LogP contribution is -2.54. The second-order valence-electron chi connectivity index (χ2n) is 10.5. The smallest absolute Gasteiger partial charge is 0.143 e. The number of nitrogens with zero attached hydrogens (tertiary/aromatic N) is 2. The number of aromatic amines is 1. The van der Waals surface area contributed by atoms with Crippen molar-refractivity contribution in [1.29, 1.82) is 0 Å². The fraction of sp³-hybridized carbons (Fsp3) is 0.500. The molecule has 2 aliphatic heterocycles. The summed E-state index contributed by atoms with van der Waals surface area (Å²) in [4.78, 5) is 8.08. The molecule has 188 valence electrons. The molecule has 3 aromatic rings. The summed E-state index contributed by atoms with van der Waals surface area (Å²) in [6.07, 6.45) is 1.43. The highest BCUT2D eigenvalue weighted by Gasteiger charge is 2.39. The first-order valence-electron chi connectivity index (χ1n) is 12.7. The molecule has 3 atom stereocenters. The van der Waals surface area contributed by atoms with Crippen molar-refractivity contribution < 1.29 is 13.9 Å². The highest BCUT2D eigenvalue weighted by Crippen LogP contribution is 2.41. The maximum Gasteiger partial charge on any atom is 0.143 e. The second-order valence-corrected chi connectivity index (χ2v) is 10.5. The highest BCUT2D eigenvalue weighted by molar-refractivity contribution is 5.85. The number of halogens is 2. The molecule has 5 nitrogen and oxygen atoms in total. The molecule has 1 fully saturated rings. The van der Waals surface area contributed by atoms with E-state index in [-0.39, 0.29) is 25.3 Å². The Morgan fingerprint density at radius 3 is 2.60 bits per heavy atom. The van der Waals surface area contributed by atoms with Crippen LogP contribution in [0.1, 0.15) is 43.1 Å². The molecule has 7 heteroatoms. The number of aliphatic hydroxyl groups excluding tert-OH is 1. The van der Waals surface area contributed by atoms with Gasteiger partial charge in [0.2, 0.25) is 0 Å². The zero-order valence-electron chi connectivity index (χ0n) is 20.6. The van der Waals surface area contributed by atoms with Crippen LogP contribution < -0.4 is 5.32 Å². The van der Waals surface area contributed by atoms with Gasteiger partial charge in [-0.05, 0) is 56.0 Å². The lowest BCUT2D eigenvalue weighted by atomic mass is 9.87. The summed E-state index contributed by atoms with van der Waals surface area (Å²) >= 11 is 0. The van der Waals surface area contributed by atoms with E-state index in [1.54, 1.807) is 0 Å². The van der Waals surface area contributed by atoms with Crippen LogP contribution in [0.25, 0.3) is 10.9 Å². The SMILES string of the molecule is C[C@@H]1Cc2c([nH]c3ccccc23)[C@@H](c2ccc(NC3CN(CCCF)C3)cc2)N1CC(C)(F)CO. The van der Waals surface area contributed by atoms with Crippen LogP contribution in [0.15, 0.2) is 48.5 Å². The Morgan fingerprint density at radius 1 is 1.14 bits per heavy atom. The summed E-state index contributed by atoms with van der Waals surface area (Å²) in [5.74, 6) is 0. The van der Waals surface area contributed by atoms with E-state index in [1.807, 2.05) is 6.07 Å². The highest BCUT2D eigenvalue weighted by atomic mass is 19.1. The Morgan fingerprint density at radius 2 is 1.89 bits per heavy atom. The molecular formula is C28H36F2N4O. The van der Waals surface area contributed by atoms with Crippen LogP contribution in [-0.4, -0.2) is 77.1 Å². The first-order valence-corrected chi connectivity index (χ1v) is 12.7. The number of hydrogen-bond acceptors (Lipinski definition) is 4. The molecule has 0 spiro atoms. The van der Waals surface area contributed by atoms with Crippen molar-refractivity contribution in [2.45, 2.75) is 50.5 Å². The van der Waals surface area contributed by atoms with Gasteiger partial charge in [0, 0.05) is 54.5 Å². The summed E-state index contributed by atoms with van der Waals surface area (Å²) in [5, 5.41) is 14.5. The number of anilines is 1. The van der Waals surface area contributed by atoms with Crippen LogP contribution in [0.2, 0.25) is 0 Å². The van der Waals surface area contributed by atoms with E-state index in [0.29, 0.717) is 12.5 Å². The minimum Gasteiger partial charge on any atom is -0.393 e. The molecule has 0 radical (unpaired) electrons. The predicted molar refractivity (Wildman–Crippen MR) is 137 cm³/mol. The zero-order valence-corrected chi connectivity index (χ0v) is 20.6. The standard InChI is InChI=1S/C28H36F2N4O/c1-19-14-24-23-6-3-4-7-25(23)32-26(24)27(34(19)17-28(2,30)18-35)20-8-10-21(11-9-20)31-22-15-33(16-22)13-5-12-29/h3-4,6-11,19,22,27,31-32,35H,5,12-18H2,1-2H3/t19-,27-,28?/m1/s1. The minimum atomic E-state index is -1.68. The van der Waals surface area contributed by atoms with Crippen molar-refractivity contribution in [3.8, 4) is 0 Å². The molecule has 3 heterocycles. The van der Waals surface area contributed by atoms with Gasteiger partial charge >= 0.3 is 0 Å². The van der Waals surface area contributed by atoms with Gasteiger partial charge in [0.1, 0.15) is 5.67 Å². The van der Waals surface area contributed by atoms with Crippen molar-refractivity contribution in [2.75, 3.05) is 44.8 Å². The Kier molecular flexibility index (Phi) is 6.84. The van der Waals surface area contributed by atoms with Crippen LogP contribution in [0.3, 0.4) is 0 Å². The Labute approximate surface area is 206 Å². The number of hydrogen-bond donors (Lipinski definition) is 3. The number of para-hydroxylation sites is 1. The van der Waals surface area contributed by atoms with Gasteiger partial charge in [-0.2, -0.15) is 0 Å². The van der Waals surface area contributed by atoms with Crippen molar-refractivity contribution >= 4 is 16.6 Å². The van der Waals surface area contributed by atoms with E-state index in [0.717, 1.165) is 48.5 Å². The van der Waals surface area contributed by atoms with Gasteiger partial charge < -0.3 is 15.4 Å². The Bertz CT molecular complexity index is 1140. The lowest BCUT2D eigenvalue weighted by molar-refractivity contribution is 0.0175. The van der Waals surface area contributed by atoms with E-state index < -0.39 is 12.3 Å². The predicted octanol–water partition coefficient (Wildman–Crippen LogP) is 4.68.